The van der Waals surface area contributed by atoms with Gasteiger partial charge in [0.1, 0.15) is 0 Å². The summed E-state index contributed by atoms with van der Waals surface area (Å²) >= 11 is 0. The van der Waals surface area contributed by atoms with Crippen LogP contribution in [0.15, 0.2) is 36.4 Å². The Balaban J connectivity index is 2.84. The fourth-order valence-electron chi connectivity index (χ4n) is 2.49. The highest BCUT2D eigenvalue weighted by Gasteiger charge is 2.09. The molecular weight excluding hydrogens is 204 g/mol. The van der Waals surface area contributed by atoms with Gasteiger partial charge in [-0.3, -0.25) is 0 Å². The maximum Gasteiger partial charge on any atom is -0.0109 e. The number of benzene rings is 2. The summed E-state index contributed by atoms with van der Waals surface area (Å²) in [5, 5.41) is 2.74. The van der Waals surface area contributed by atoms with Crippen LogP contribution in [-0.4, -0.2) is 0 Å². The zero-order valence-corrected chi connectivity index (χ0v) is 11.1. The SMILES string of the molecule is C/C=C/c1cc(C(C)C)c(C)c2ccccc12. The van der Waals surface area contributed by atoms with Crippen LogP contribution in [-0.2, 0) is 0 Å². The molecule has 2 aromatic rings. The van der Waals surface area contributed by atoms with Gasteiger partial charge in [-0.25, -0.2) is 0 Å². The molecule has 0 heteroatoms. The third kappa shape index (κ3) is 2.12. The molecule has 0 bridgehead atoms. The largest absolute Gasteiger partial charge is 0.0870 e. The first-order chi connectivity index (χ1) is 8.15. The third-order valence-electron chi connectivity index (χ3n) is 3.35. The molecule has 0 saturated carbocycles. The van der Waals surface area contributed by atoms with E-state index in [0.717, 1.165) is 0 Å². The van der Waals surface area contributed by atoms with E-state index in [9.17, 15) is 0 Å². The number of aryl methyl sites for hydroxylation is 1. The van der Waals surface area contributed by atoms with Crippen molar-refractivity contribution in [2.45, 2.75) is 33.6 Å². The molecular formula is C17H20. The van der Waals surface area contributed by atoms with Gasteiger partial charge in [-0.2, -0.15) is 0 Å². The second-order valence-electron chi connectivity index (χ2n) is 4.88. The van der Waals surface area contributed by atoms with E-state index in [0.29, 0.717) is 5.92 Å². The normalized spacial score (nSPS) is 11.8. The smallest absolute Gasteiger partial charge is 0.0109 e. The molecule has 0 aliphatic heterocycles. The summed E-state index contributed by atoms with van der Waals surface area (Å²) in [5.41, 5.74) is 4.21. The summed E-state index contributed by atoms with van der Waals surface area (Å²) in [6.45, 7) is 8.83. The van der Waals surface area contributed by atoms with Gasteiger partial charge in [-0.15, -0.1) is 0 Å². The quantitative estimate of drug-likeness (QED) is 0.649. The lowest BCUT2D eigenvalue weighted by molar-refractivity contribution is 0.859. The first-order valence-electron chi connectivity index (χ1n) is 6.30. The molecule has 0 unspecified atom stereocenters. The number of rotatable bonds is 2. The van der Waals surface area contributed by atoms with Gasteiger partial charge in [0, 0.05) is 0 Å². The zero-order valence-electron chi connectivity index (χ0n) is 11.1. The number of hydrogen-bond acceptors (Lipinski definition) is 0. The van der Waals surface area contributed by atoms with Crippen LogP contribution in [0.4, 0.5) is 0 Å². The predicted octanol–water partition coefficient (Wildman–Crippen LogP) is 5.30. The Morgan fingerprint density at radius 2 is 1.71 bits per heavy atom. The molecule has 0 aromatic heterocycles. The molecule has 0 aliphatic rings. The molecule has 0 nitrogen and oxygen atoms in total. The van der Waals surface area contributed by atoms with Crippen LogP contribution in [0.25, 0.3) is 16.8 Å². The van der Waals surface area contributed by atoms with E-state index in [1.165, 1.54) is 27.5 Å². The fraction of sp³-hybridized carbons (Fsp3) is 0.294. The molecule has 2 aromatic carbocycles. The molecule has 0 fully saturated rings. The summed E-state index contributed by atoms with van der Waals surface area (Å²) in [5.74, 6) is 0.573. The molecule has 2 rings (SSSR count). The second kappa shape index (κ2) is 4.75. The van der Waals surface area contributed by atoms with E-state index in [2.05, 4.69) is 70.2 Å². The lowest BCUT2D eigenvalue weighted by Crippen LogP contribution is -1.95. The van der Waals surface area contributed by atoms with Crippen molar-refractivity contribution in [3.63, 3.8) is 0 Å². The van der Waals surface area contributed by atoms with E-state index in [4.69, 9.17) is 0 Å². The van der Waals surface area contributed by atoms with Crippen molar-refractivity contribution in [1.82, 2.24) is 0 Å². The van der Waals surface area contributed by atoms with Gasteiger partial charge in [0.25, 0.3) is 0 Å². The average Bonchev–Trinajstić information content (AvgIpc) is 2.33. The molecule has 0 N–H and O–H groups in total. The topological polar surface area (TPSA) is 0 Å². The van der Waals surface area contributed by atoms with Gasteiger partial charge in [-0.05, 0) is 47.2 Å². The van der Waals surface area contributed by atoms with Crippen LogP contribution >= 0.6 is 0 Å². The van der Waals surface area contributed by atoms with E-state index >= 15 is 0 Å². The van der Waals surface area contributed by atoms with Gasteiger partial charge in [0.2, 0.25) is 0 Å². The highest BCUT2D eigenvalue weighted by molar-refractivity contribution is 5.93. The Morgan fingerprint density at radius 3 is 2.29 bits per heavy atom. The summed E-state index contributed by atoms with van der Waals surface area (Å²) < 4.78 is 0. The van der Waals surface area contributed by atoms with E-state index in [1.54, 1.807) is 0 Å². The molecule has 17 heavy (non-hydrogen) atoms. The molecule has 0 aliphatic carbocycles. The van der Waals surface area contributed by atoms with Crippen molar-refractivity contribution in [3.8, 4) is 0 Å². The van der Waals surface area contributed by atoms with Crippen LogP contribution in [0.1, 0.15) is 43.4 Å². The summed E-state index contributed by atoms with van der Waals surface area (Å²) in [6, 6.07) is 11.0. The van der Waals surface area contributed by atoms with Crippen LogP contribution in [0.5, 0.6) is 0 Å². The Kier molecular flexibility index (Phi) is 3.33. The highest BCUT2D eigenvalue weighted by atomic mass is 14.1. The Labute approximate surface area is 104 Å². The minimum Gasteiger partial charge on any atom is -0.0870 e. The summed E-state index contributed by atoms with van der Waals surface area (Å²) in [6.07, 6.45) is 4.31. The van der Waals surface area contributed by atoms with Crippen molar-refractivity contribution < 1.29 is 0 Å². The summed E-state index contributed by atoms with van der Waals surface area (Å²) in [4.78, 5) is 0. The molecule has 0 spiro atoms. The van der Waals surface area contributed by atoms with Gasteiger partial charge >= 0.3 is 0 Å². The molecule has 0 heterocycles. The molecule has 88 valence electrons. The van der Waals surface area contributed by atoms with Crippen molar-refractivity contribution in [3.05, 3.63) is 53.1 Å². The molecule has 0 radical (unpaired) electrons. The van der Waals surface area contributed by atoms with E-state index < -0.39 is 0 Å². The predicted molar refractivity (Wildman–Crippen MR) is 77.5 cm³/mol. The number of fused-ring (bicyclic) bond motifs is 1. The number of allylic oxidation sites excluding steroid dienone is 1. The van der Waals surface area contributed by atoms with Crippen LogP contribution in [0.2, 0.25) is 0 Å². The highest BCUT2D eigenvalue weighted by Crippen LogP contribution is 2.30. The Hall–Kier alpha value is -1.56. The minimum absolute atomic E-state index is 0.573. The zero-order chi connectivity index (χ0) is 12.4. The standard InChI is InChI=1S/C17H20/c1-5-8-14-11-17(12(2)3)13(4)15-9-6-7-10-16(14)15/h5-12H,1-4H3/b8-5+. The van der Waals surface area contributed by atoms with E-state index in [-0.39, 0.29) is 0 Å². The first kappa shape index (κ1) is 11.9. The first-order valence-corrected chi connectivity index (χ1v) is 6.30. The van der Waals surface area contributed by atoms with Crippen LogP contribution in [0, 0.1) is 6.92 Å². The van der Waals surface area contributed by atoms with Gasteiger partial charge in [-0.1, -0.05) is 56.3 Å². The van der Waals surface area contributed by atoms with Gasteiger partial charge in [0.15, 0.2) is 0 Å². The van der Waals surface area contributed by atoms with Crippen molar-refractivity contribution >= 4 is 16.8 Å². The van der Waals surface area contributed by atoms with Crippen LogP contribution in [0.3, 0.4) is 0 Å². The maximum atomic E-state index is 2.34. The third-order valence-corrected chi connectivity index (χ3v) is 3.35. The van der Waals surface area contributed by atoms with Crippen molar-refractivity contribution in [2.24, 2.45) is 0 Å². The second-order valence-corrected chi connectivity index (χ2v) is 4.88. The Bertz CT molecular complexity index is 560. The van der Waals surface area contributed by atoms with E-state index in [1.807, 2.05) is 0 Å². The number of hydrogen-bond donors (Lipinski definition) is 0. The lowest BCUT2D eigenvalue weighted by atomic mass is 9.90. The molecule has 0 atom stereocenters. The molecule has 0 saturated heterocycles. The van der Waals surface area contributed by atoms with Gasteiger partial charge in [0.05, 0.1) is 0 Å². The van der Waals surface area contributed by atoms with Crippen molar-refractivity contribution in [2.75, 3.05) is 0 Å². The van der Waals surface area contributed by atoms with Gasteiger partial charge < -0.3 is 0 Å². The lowest BCUT2D eigenvalue weighted by Gasteiger charge is -2.15. The molecule has 0 amide bonds. The Morgan fingerprint density at radius 1 is 1.06 bits per heavy atom. The summed E-state index contributed by atoms with van der Waals surface area (Å²) in [7, 11) is 0. The van der Waals surface area contributed by atoms with Crippen molar-refractivity contribution in [1.29, 1.82) is 0 Å². The maximum absolute atomic E-state index is 2.34. The minimum atomic E-state index is 0.573. The fourth-order valence-corrected chi connectivity index (χ4v) is 2.49. The monoisotopic (exact) mass is 224 g/mol. The van der Waals surface area contributed by atoms with Crippen LogP contribution < -0.4 is 0 Å². The average molecular weight is 224 g/mol.